The van der Waals surface area contributed by atoms with Gasteiger partial charge in [0.2, 0.25) is 0 Å². The van der Waals surface area contributed by atoms with Crippen molar-refractivity contribution < 1.29 is 4.74 Å². The fourth-order valence-electron chi connectivity index (χ4n) is 2.82. The highest BCUT2D eigenvalue weighted by Gasteiger charge is 2.15. The highest BCUT2D eigenvalue weighted by atomic mass is 79.9. The van der Waals surface area contributed by atoms with Crippen molar-refractivity contribution in [2.75, 3.05) is 12.8 Å². The van der Waals surface area contributed by atoms with Crippen LogP contribution in [0.2, 0.25) is 0 Å². The van der Waals surface area contributed by atoms with Crippen LogP contribution in [0.15, 0.2) is 59.1 Å². The largest absolute Gasteiger partial charge is 0.497 e. The van der Waals surface area contributed by atoms with Crippen LogP contribution in [0.25, 0.3) is 33.4 Å². The zero-order valence-corrected chi connectivity index (χ0v) is 15.0. The molecule has 0 radical (unpaired) electrons. The van der Waals surface area contributed by atoms with Crippen molar-refractivity contribution in [1.82, 2.24) is 15.2 Å². The van der Waals surface area contributed by atoms with Crippen LogP contribution in [-0.4, -0.2) is 22.3 Å². The number of fused-ring (bicyclic) bond motifs is 1. The van der Waals surface area contributed by atoms with Gasteiger partial charge in [-0.1, -0.05) is 28.1 Å². The molecule has 4 rings (SSSR count). The number of methoxy groups -OCH3 is 1. The Morgan fingerprint density at radius 3 is 2.56 bits per heavy atom. The molecule has 0 bridgehead atoms. The second-order valence-corrected chi connectivity index (χ2v) is 6.54. The molecule has 0 saturated carbocycles. The van der Waals surface area contributed by atoms with Gasteiger partial charge in [0.1, 0.15) is 5.75 Å². The normalized spacial score (nSPS) is 11.0. The monoisotopic (exact) mass is 394 g/mol. The molecule has 2 heterocycles. The van der Waals surface area contributed by atoms with E-state index in [0.717, 1.165) is 43.6 Å². The number of hydrogen-bond acceptors (Lipinski definition) is 4. The average Bonchev–Trinajstić information content (AvgIpc) is 3.02. The Balaban J connectivity index is 1.96. The van der Waals surface area contributed by atoms with Crippen molar-refractivity contribution in [3.63, 3.8) is 0 Å². The minimum absolute atomic E-state index is 0.439. The molecule has 0 aliphatic rings. The molecular weight excluding hydrogens is 380 g/mol. The zero-order chi connectivity index (χ0) is 17.4. The third-order valence-corrected chi connectivity index (χ3v) is 4.55. The number of aromatic amines is 1. The lowest BCUT2D eigenvalue weighted by atomic mass is 10.0. The summed E-state index contributed by atoms with van der Waals surface area (Å²) in [6.45, 7) is 0. The van der Waals surface area contributed by atoms with Gasteiger partial charge in [-0.2, -0.15) is 5.10 Å². The van der Waals surface area contributed by atoms with Gasteiger partial charge in [-0.15, -0.1) is 0 Å². The number of nitrogens with two attached hydrogens (primary N) is 1. The number of hydrogen-bond donors (Lipinski definition) is 2. The van der Waals surface area contributed by atoms with Crippen LogP contribution < -0.4 is 10.5 Å². The topological polar surface area (TPSA) is 76.8 Å². The summed E-state index contributed by atoms with van der Waals surface area (Å²) < 4.78 is 6.24. The van der Waals surface area contributed by atoms with E-state index in [1.165, 1.54) is 0 Å². The van der Waals surface area contributed by atoms with Gasteiger partial charge in [0, 0.05) is 15.6 Å². The molecule has 2 aromatic heterocycles. The fraction of sp³-hybridized carbons (Fsp3) is 0.0526. The molecule has 124 valence electrons. The van der Waals surface area contributed by atoms with Gasteiger partial charge < -0.3 is 10.5 Å². The fourth-order valence-corrected chi connectivity index (χ4v) is 3.22. The smallest absolute Gasteiger partial charge is 0.155 e. The van der Waals surface area contributed by atoms with E-state index in [0.29, 0.717) is 5.82 Å². The number of ether oxygens (including phenoxy) is 1. The molecule has 2 aromatic carbocycles. The lowest BCUT2D eigenvalue weighted by molar-refractivity contribution is 0.415. The number of H-pyrrole nitrogens is 1. The molecule has 0 fully saturated rings. The number of pyridine rings is 1. The molecule has 4 aromatic rings. The van der Waals surface area contributed by atoms with Crippen LogP contribution in [0.3, 0.4) is 0 Å². The van der Waals surface area contributed by atoms with E-state index in [-0.39, 0.29) is 0 Å². The minimum Gasteiger partial charge on any atom is -0.497 e. The van der Waals surface area contributed by atoms with Gasteiger partial charge in [-0.25, -0.2) is 4.98 Å². The third-order valence-electron chi connectivity index (χ3n) is 4.06. The van der Waals surface area contributed by atoms with Gasteiger partial charge in [0.15, 0.2) is 5.82 Å². The van der Waals surface area contributed by atoms with Gasteiger partial charge in [-0.05, 0) is 42.5 Å². The van der Waals surface area contributed by atoms with E-state index in [4.69, 9.17) is 15.5 Å². The molecule has 6 heteroatoms. The van der Waals surface area contributed by atoms with E-state index in [1.54, 1.807) is 7.11 Å². The summed E-state index contributed by atoms with van der Waals surface area (Å²) in [5.74, 6) is 1.23. The average molecular weight is 395 g/mol. The number of nitrogen functional groups attached to an aromatic ring is 1. The molecule has 0 amide bonds. The lowest BCUT2D eigenvalue weighted by Crippen LogP contribution is -1.93. The number of aromatic nitrogens is 3. The molecule has 0 unspecified atom stereocenters. The summed E-state index contributed by atoms with van der Waals surface area (Å²) in [5.41, 5.74) is 10.5. The molecule has 3 N–H and O–H groups in total. The lowest BCUT2D eigenvalue weighted by Gasteiger charge is -2.09. The van der Waals surface area contributed by atoms with Crippen molar-refractivity contribution in [1.29, 1.82) is 0 Å². The van der Waals surface area contributed by atoms with E-state index in [9.17, 15) is 0 Å². The SMILES string of the molecule is COc1ccc(-c2nc(-c3cccc(Br)c3)cc3[nH]nc(N)c23)cc1. The Kier molecular flexibility index (Phi) is 3.89. The first-order chi connectivity index (χ1) is 12.2. The summed E-state index contributed by atoms with van der Waals surface area (Å²) in [6, 6.07) is 17.8. The molecule has 0 aliphatic carbocycles. The van der Waals surface area contributed by atoms with E-state index < -0.39 is 0 Å². The van der Waals surface area contributed by atoms with Crippen LogP contribution in [0.4, 0.5) is 5.82 Å². The van der Waals surface area contributed by atoms with E-state index in [1.807, 2.05) is 54.6 Å². The molecular formula is C19H15BrN4O. The summed E-state index contributed by atoms with van der Waals surface area (Å²) in [4.78, 5) is 4.87. The molecule has 0 spiro atoms. The Morgan fingerprint density at radius 1 is 1.04 bits per heavy atom. The maximum absolute atomic E-state index is 6.07. The second kappa shape index (κ2) is 6.22. The van der Waals surface area contributed by atoms with Gasteiger partial charge >= 0.3 is 0 Å². The van der Waals surface area contributed by atoms with Crippen LogP contribution in [0.1, 0.15) is 0 Å². The maximum atomic E-state index is 6.07. The number of benzene rings is 2. The van der Waals surface area contributed by atoms with Crippen molar-refractivity contribution >= 4 is 32.7 Å². The number of halogens is 1. The maximum Gasteiger partial charge on any atom is 0.155 e. The summed E-state index contributed by atoms with van der Waals surface area (Å²) in [7, 11) is 1.65. The van der Waals surface area contributed by atoms with E-state index in [2.05, 4.69) is 26.1 Å². The molecule has 25 heavy (non-hydrogen) atoms. The Bertz CT molecular complexity index is 1060. The third kappa shape index (κ3) is 2.85. The van der Waals surface area contributed by atoms with Crippen LogP contribution in [0, 0.1) is 0 Å². The first-order valence-electron chi connectivity index (χ1n) is 7.70. The number of rotatable bonds is 3. The standard InChI is InChI=1S/C19H15BrN4O/c1-25-14-7-5-11(6-8-14)18-17-16(23-24-19(17)21)10-15(22-18)12-3-2-4-13(20)9-12/h2-10H,1H3,(H3,21,23,24). The predicted octanol–water partition coefficient (Wildman–Crippen LogP) is 4.65. The summed E-state index contributed by atoms with van der Waals surface area (Å²) >= 11 is 3.51. The van der Waals surface area contributed by atoms with Crippen LogP contribution in [0.5, 0.6) is 5.75 Å². The highest BCUT2D eigenvalue weighted by molar-refractivity contribution is 9.10. The first kappa shape index (κ1) is 15.7. The summed E-state index contributed by atoms with van der Waals surface area (Å²) in [6.07, 6.45) is 0. The van der Waals surface area contributed by atoms with Crippen molar-refractivity contribution in [3.8, 4) is 28.3 Å². The highest BCUT2D eigenvalue weighted by Crippen LogP contribution is 2.34. The van der Waals surface area contributed by atoms with E-state index >= 15 is 0 Å². The van der Waals surface area contributed by atoms with Gasteiger partial charge in [0.05, 0.1) is 29.4 Å². The molecule has 5 nitrogen and oxygen atoms in total. The Labute approximate surface area is 153 Å². The number of nitrogens with zero attached hydrogens (tertiary/aromatic N) is 2. The quantitative estimate of drug-likeness (QED) is 0.530. The first-order valence-corrected chi connectivity index (χ1v) is 8.50. The zero-order valence-electron chi connectivity index (χ0n) is 13.5. The van der Waals surface area contributed by atoms with Crippen molar-refractivity contribution in [2.24, 2.45) is 0 Å². The van der Waals surface area contributed by atoms with Gasteiger partial charge in [0.25, 0.3) is 0 Å². The number of nitrogens with one attached hydrogen (secondary N) is 1. The van der Waals surface area contributed by atoms with Crippen molar-refractivity contribution in [2.45, 2.75) is 0 Å². The Hall–Kier alpha value is -2.86. The molecule has 0 aliphatic heterocycles. The number of anilines is 1. The van der Waals surface area contributed by atoms with Crippen molar-refractivity contribution in [3.05, 3.63) is 59.1 Å². The molecule has 0 saturated heterocycles. The Morgan fingerprint density at radius 2 is 1.84 bits per heavy atom. The van der Waals surface area contributed by atoms with Crippen LogP contribution in [-0.2, 0) is 0 Å². The molecule has 0 atom stereocenters. The second-order valence-electron chi connectivity index (χ2n) is 5.63. The van der Waals surface area contributed by atoms with Crippen LogP contribution >= 0.6 is 15.9 Å². The van der Waals surface area contributed by atoms with Gasteiger partial charge in [-0.3, -0.25) is 5.10 Å². The minimum atomic E-state index is 0.439. The summed E-state index contributed by atoms with van der Waals surface area (Å²) in [5, 5.41) is 7.96. The predicted molar refractivity (Wildman–Crippen MR) is 103 cm³/mol.